The van der Waals surface area contributed by atoms with E-state index in [-0.39, 0.29) is 10.8 Å². The Labute approximate surface area is 178 Å². The second-order valence-corrected chi connectivity index (χ2v) is 9.25. The summed E-state index contributed by atoms with van der Waals surface area (Å²) in [6, 6.07) is 13.3. The van der Waals surface area contributed by atoms with E-state index in [0.717, 1.165) is 11.4 Å². The molecule has 0 unspecified atom stereocenters. The van der Waals surface area contributed by atoms with Gasteiger partial charge in [-0.2, -0.15) is 0 Å². The van der Waals surface area contributed by atoms with Crippen molar-refractivity contribution in [3.05, 3.63) is 66.3 Å². The number of aromatic nitrogens is 2. The van der Waals surface area contributed by atoms with Gasteiger partial charge in [-0.05, 0) is 36.8 Å². The topological polar surface area (TPSA) is 92.6 Å². The molecule has 0 spiro atoms. The summed E-state index contributed by atoms with van der Waals surface area (Å²) >= 11 is 1.51. The van der Waals surface area contributed by atoms with Gasteiger partial charge in [0.15, 0.2) is 4.96 Å². The second kappa shape index (κ2) is 8.29. The summed E-state index contributed by atoms with van der Waals surface area (Å²) in [5.74, 6) is -0.0971. The molecule has 2 aromatic heterocycles. The zero-order valence-electron chi connectivity index (χ0n) is 16.2. The highest BCUT2D eigenvalue weighted by molar-refractivity contribution is 7.92. The zero-order valence-corrected chi connectivity index (χ0v) is 17.8. The molecule has 0 atom stereocenters. The van der Waals surface area contributed by atoms with Crippen LogP contribution in [0.2, 0.25) is 0 Å². The SMILES string of the molecule is CCCC(=O)Nc1ccc(S(=O)(=O)Nc2ccccc2-c2cn3ccsc3n2)cc1. The van der Waals surface area contributed by atoms with Crippen LogP contribution in [0.4, 0.5) is 11.4 Å². The van der Waals surface area contributed by atoms with Crippen molar-refractivity contribution in [2.24, 2.45) is 0 Å². The standard InChI is InChI=1S/C21H20N4O3S2/c1-2-5-20(26)22-15-8-10-16(11-9-15)30(27,28)24-18-7-4-3-6-17(18)19-14-25-12-13-29-21(25)23-19/h3-4,6-14,24H,2,5H2,1H3,(H,22,26). The number of imidazole rings is 1. The minimum atomic E-state index is -3.81. The summed E-state index contributed by atoms with van der Waals surface area (Å²) in [6.45, 7) is 1.92. The molecule has 0 saturated heterocycles. The lowest BCUT2D eigenvalue weighted by molar-refractivity contribution is -0.116. The Morgan fingerprint density at radius 2 is 1.90 bits per heavy atom. The number of sulfonamides is 1. The number of nitrogens with zero attached hydrogens (tertiary/aromatic N) is 2. The lowest BCUT2D eigenvalue weighted by Crippen LogP contribution is -2.14. The van der Waals surface area contributed by atoms with Crippen LogP contribution in [-0.2, 0) is 14.8 Å². The van der Waals surface area contributed by atoms with Crippen LogP contribution < -0.4 is 10.0 Å². The van der Waals surface area contributed by atoms with Crippen LogP contribution in [0.1, 0.15) is 19.8 Å². The first-order valence-corrected chi connectivity index (χ1v) is 11.8. The molecule has 0 radical (unpaired) electrons. The van der Waals surface area contributed by atoms with Gasteiger partial charge in [-0.3, -0.25) is 13.9 Å². The molecule has 0 saturated carbocycles. The van der Waals surface area contributed by atoms with Gasteiger partial charge < -0.3 is 5.32 Å². The predicted molar refractivity (Wildman–Crippen MR) is 119 cm³/mol. The molecule has 1 amide bonds. The highest BCUT2D eigenvalue weighted by Gasteiger charge is 2.18. The Hall–Kier alpha value is -3.17. The maximum atomic E-state index is 12.9. The van der Waals surface area contributed by atoms with Crippen LogP contribution >= 0.6 is 11.3 Å². The number of carbonyl (C=O) groups excluding carboxylic acids is 1. The van der Waals surface area contributed by atoms with E-state index in [2.05, 4.69) is 15.0 Å². The van der Waals surface area contributed by atoms with Crippen LogP contribution in [0.5, 0.6) is 0 Å². The molecular weight excluding hydrogens is 420 g/mol. The quantitative estimate of drug-likeness (QED) is 0.439. The van der Waals surface area contributed by atoms with Gasteiger partial charge in [0.05, 0.1) is 16.3 Å². The molecule has 2 heterocycles. The van der Waals surface area contributed by atoms with Crippen molar-refractivity contribution >= 4 is 43.6 Å². The van der Waals surface area contributed by atoms with Crippen molar-refractivity contribution in [2.45, 2.75) is 24.7 Å². The number of thiazole rings is 1. The fraction of sp³-hybridized carbons (Fsp3) is 0.143. The van der Waals surface area contributed by atoms with Gasteiger partial charge in [0.25, 0.3) is 10.0 Å². The van der Waals surface area contributed by atoms with Crippen molar-refractivity contribution in [1.29, 1.82) is 0 Å². The second-order valence-electron chi connectivity index (χ2n) is 6.69. The zero-order chi connectivity index (χ0) is 21.1. The molecule has 154 valence electrons. The molecule has 2 N–H and O–H groups in total. The van der Waals surface area contributed by atoms with Gasteiger partial charge in [0.2, 0.25) is 5.91 Å². The molecule has 0 bridgehead atoms. The van der Waals surface area contributed by atoms with Crippen molar-refractivity contribution in [2.75, 3.05) is 10.0 Å². The Bertz CT molecular complexity index is 1260. The van der Waals surface area contributed by atoms with Gasteiger partial charge >= 0.3 is 0 Å². The third-order valence-electron chi connectivity index (χ3n) is 4.47. The number of anilines is 2. The maximum Gasteiger partial charge on any atom is 0.261 e. The van der Waals surface area contributed by atoms with Crippen molar-refractivity contribution in [1.82, 2.24) is 9.38 Å². The lowest BCUT2D eigenvalue weighted by atomic mass is 10.1. The van der Waals surface area contributed by atoms with E-state index in [4.69, 9.17) is 0 Å². The fourth-order valence-corrected chi connectivity index (χ4v) is 4.80. The van der Waals surface area contributed by atoms with E-state index < -0.39 is 10.0 Å². The Kier molecular flexibility index (Phi) is 5.56. The Morgan fingerprint density at radius 1 is 1.13 bits per heavy atom. The van der Waals surface area contributed by atoms with E-state index in [1.54, 1.807) is 24.3 Å². The van der Waals surface area contributed by atoms with E-state index >= 15 is 0 Å². The number of hydrogen-bond acceptors (Lipinski definition) is 5. The predicted octanol–water partition coefficient (Wildman–Crippen LogP) is 4.60. The van der Waals surface area contributed by atoms with Crippen LogP contribution in [0.3, 0.4) is 0 Å². The minimum Gasteiger partial charge on any atom is -0.326 e. The number of para-hydroxylation sites is 1. The number of carbonyl (C=O) groups is 1. The molecule has 2 aromatic carbocycles. The van der Waals surface area contributed by atoms with Gasteiger partial charge in [0, 0.05) is 35.4 Å². The van der Waals surface area contributed by atoms with Gasteiger partial charge in [-0.15, -0.1) is 11.3 Å². The third-order valence-corrected chi connectivity index (χ3v) is 6.62. The number of amides is 1. The van der Waals surface area contributed by atoms with E-state index in [0.29, 0.717) is 29.1 Å². The number of nitrogens with one attached hydrogen (secondary N) is 2. The van der Waals surface area contributed by atoms with Gasteiger partial charge in [-0.25, -0.2) is 13.4 Å². The molecule has 0 aliphatic rings. The molecule has 7 nitrogen and oxygen atoms in total. The van der Waals surface area contributed by atoms with Crippen LogP contribution in [0.25, 0.3) is 16.2 Å². The molecule has 9 heteroatoms. The van der Waals surface area contributed by atoms with Crippen LogP contribution in [0, 0.1) is 0 Å². The van der Waals surface area contributed by atoms with E-state index in [9.17, 15) is 13.2 Å². The van der Waals surface area contributed by atoms with Gasteiger partial charge in [0.1, 0.15) is 0 Å². The number of benzene rings is 2. The largest absolute Gasteiger partial charge is 0.326 e. The van der Waals surface area contributed by atoms with Gasteiger partial charge in [-0.1, -0.05) is 25.1 Å². The molecule has 0 aliphatic carbocycles. The molecular formula is C21H20N4O3S2. The van der Waals surface area contributed by atoms with Crippen molar-refractivity contribution in [3.8, 4) is 11.3 Å². The fourth-order valence-electron chi connectivity index (χ4n) is 3.02. The molecule has 4 rings (SSSR count). The lowest BCUT2D eigenvalue weighted by Gasteiger charge is -2.12. The smallest absolute Gasteiger partial charge is 0.261 e. The Morgan fingerprint density at radius 3 is 2.63 bits per heavy atom. The first kappa shape index (κ1) is 20.1. The average molecular weight is 441 g/mol. The monoisotopic (exact) mass is 440 g/mol. The third kappa shape index (κ3) is 4.22. The van der Waals surface area contributed by atoms with E-state index in [1.807, 2.05) is 41.2 Å². The first-order chi connectivity index (χ1) is 14.5. The molecule has 4 aromatic rings. The highest BCUT2D eigenvalue weighted by atomic mass is 32.2. The van der Waals surface area contributed by atoms with Crippen LogP contribution in [-0.4, -0.2) is 23.7 Å². The first-order valence-electron chi connectivity index (χ1n) is 9.40. The summed E-state index contributed by atoms with van der Waals surface area (Å²) in [5.41, 5.74) is 2.39. The summed E-state index contributed by atoms with van der Waals surface area (Å²) in [5, 5.41) is 4.69. The number of rotatable bonds is 7. The maximum absolute atomic E-state index is 12.9. The summed E-state index contributed by atoms with van der Waals surface area (Å²) in [4.78, 5) is 17.2. The van der Waals surface area contributed by atoms with Crippen LogP contribution in [0.15, 0.2) is 71.2 Å². The average Bonchev–Trinajstić information content (AvgIpc) is 3.31. The molecule has 0 fully saturated rings. The highest BCUT2D eigenvalue weighted by Crippen LogP contribution is 2.30. The molecule has 30 heavy (non-hydrogen) atoms. The summed E-state index contributed by atoms with van der Waals surface area (Å²) < 4.78 is 30.4. The number of hydrogen-bond donors (Lipinski definition) is 2. The van der Waals surface area contributed by atoms with Crippen molar-refractivity contribution in [3.63, 3.8) is 0 Å². The molecule has 0 aliphatic heterocycles. The summed E-state index contributed by atoms with van der Waals surface area (Å²) in [6.07, 6.45) is 4.94. The Balaban J connectivity index is 1.58. The van der Waals surface area contributed by atoms with Crippen molar-refractivity contribution < 1.29 is 13.2 Å². The number of fused-ring (bicyclic) bond motifs is 1. The van der Waals surface area contributed by atoms with E-state index in [1.165, 1.54) is 23.5 Å². The minimum absolute atomic E-state index is 0.0971. The normalized spacial score (nSPS) is 11.5. The summed E-state index contributed by atoms with van der Waals surface area (Å²) in [7, 11) is -3.81.